The summed E-state index contributed by atoms with van der Waals surface area (Å²) in [6.45, 7) is 1.93. The third kappa shape index (κ3) is 5.72. The highest BCUT2D eigenvalue weighted by Crippen LogP contribution is 2.46. The first-order valence-electron chi connectivity index (χ1n) is 12.9. The number of hydrogen-bond acceptors (Lipinski definition) is 8. The van der Waals surface area contributed by atoms with Crippen LogP contribution >= 0.6 is 11.8 Å². The number of thioether (sulfide) groups is 1. The van der Waals surface area contributed by atoms with Crippen molar-refractivity contribution in [3.63, 3.8) is 0 Å². The van der Waals surface area contributed by atoms with Crippen molar-refractivity contribution in [3.8, 4) is 11.6 Å². The van der Waals surface area contributed by atoms with Crippen LogP contribution in [0.3, 0.4) is 0 Å². The Hall–Kier alpha value is -3.75. The molecule has 2 atom stereocenters. The molecule has 2 aliphatic heterocycles. The number of nitrogens with one attached hydrogen (secondary N) is 1. The number of benzene rings is 1. The smallest absolute Gasteiger partial charge is 0.328 e. The minimum absolute atomic E-state index is 0.00480. The van der Waals surface area contributed by atoms with Crippen LogP contribution in [-0.2, 0) is 35.0 Å². The SMILES string of the molecule is Cn1cc(CN2C(=O)C3C=C(S(=O)(=O)NC4(C)CC4)SC3N(Cc3ccc(Oc4ccc(F)cc4)nc3)C2=O)cn1. The number of carbonyl (C=O) groups is 2. The number of aromatic nitrogens is 3. The summed E-state index contributed by atoms with van der Waals surface area (Å²) in [6.07, 6.45) is 7.79. The number of imide groups is 1. The predicted octanol–water partition coefficient (Wildman–Crippen LogP) is 3.71. The van der Waals surface area contributed by atoms with Crippen molar-refractivity contribution in [2.75, 3.05) is 0 Å². The van der Waals surface area contributed by atoms with Crippen molar-refractivity contribution in [2.45, 2.75) is 43.8 Å². The molecule has 1 aliphatic carbocycles. The van der Waals surface area contributed by atoms with E-state index in [0.29, 0.717) is 16.9 Å². The van der Waals surface area contributed by atoms with Gasteiger partial charge in [-0.05, 0) is 55.7 Å². The summed E-state index contributed by atoms with van der Waals surface area (Å²) in [6, 6.07) is 8.36. The number of ether oxygens (including phenoxy) is 1. The number of fused-ring (bicyclic) bond motifs is 1. The molecule has 3 aromatic rings. The molecule has 2 aromatic heterocycles. The molecule has 2 unspecified atom stereocenters. The molecule has 41 heavy (non-hydrogen) atoms. The number of rotatable bonds is 9. The Balaban J connectivity index is 1.25. The van der Waals surface area contributed by atoms with Gasteiger partial charge in [0.05, 0.1) is 25.2 Å². The summed E-state index contributed by atoms with van der Waals surface area (Å²) < 4.78 is 49.6. The highest BCUT2D eigenvalue weighted by molar-refractivity contribution is 8.18. The van der Waals surface area contributed by atoms with Crippen molar-refractivity contribution in [3.05, 3.63) is 82.2 Å². The van der Waals surface area contributed by atoms with E-state index < -0.39 is 38.8 Å². The number of sulfonamides is 1. The molecule has 3 aliphatic rings. The summed E-state index contributed by atoms with van der Waals surface area (Å²) in [5.74, 6) is -0.991. The van der Waals surface area contributed by atoms with Gasteiger partial charge in [0.1, 0.15) is 21.2 Å². The molecule has 214 valence electrons. The molecule has 6 rings (SSSR count). The Bertz CT molecular complexity index is 1640. The predicted molar refractivity (Wildman–Crippen MR) is 148 cm³/mol. The highest BCUT2D eigenvalue weighted by Gasteiger charge is 2.52. The van der Waals surface area contributed by atoms with Crippen LogP contribution in [0.15, 0.2) is 65.3 Å². The van der Waals surface area contributed by atoms with Crippen LogP contribution in [0, 0.1) is 11.7 Å². The van der Waals surface area contributed by atoms with E-state index in [1.807, 2.05) is 6.92 Å². The lowest BCUT2D eigenvalue weighted by Gasteiger charge is -2.41. The molecular formula is C27H27FN6O5S2. The van der Waals surface area contributed by atoms with E-state index in [0.717, 1.165) is 29.5 Å². The average Bonchev–Trinajstić information content (AvgIpc) is 3.29. The molecule has 0 radical (unpaired) electrons. The summed E-state index contributed by atoms with van der Waals surface area (Å²) in [5, 5.41) is 3.38. The first-order chi connectivity index (χ1) is 19.5. The Kier molecular flexibility index (Phi) is 6.86. The molecular weight excluding hydrogens is 571 g/mol. The molecule has 1 N–H and O–H groups in total. The lowest BCUT2D eigenvalue weighted by molar-refractivity contribution is -0.135. The van der Waals surface area contributed by atoms with Gasteiger partial charge in [-0.25, -0.2) is 27.3 Å². The van der Waals surface area contributed by atoms with Crippen molar-refractivity contribution in [1.29, 1.82) is 0 Å². The van der Waals surface area contributed by atoms with Gasteiger partial charge in [-0.3, -0.25) is 14.4 Å². The Morgan fingerprint density at radius 1 is 1.10 bits per heavy atom. The van der Waals surface area contributed by atoms with Gasteiger partial charge in [-0.1, -0.05) is 17.8 Å². The van der Waals surface area contributed by atoms with E-state index in [1.54, 1.807) is 42.5 Å². The lowest BCUT2D eigenvalue weighted by atomic mass is 10.0. The lowest BCUT2D eigenvalue weighted by Crippen LogP contribution is -2.58. The van der Waals surface area contributed by atoms with Crippen LogP contribution in [0.1, 0.15) is 30.9 Å². The van der Waals surface area contributed by atoms with E-state index >= 15 is 0 Å². The third-order valence-electron chi connectivity index (χ3n) is 7.13. The van der Waals surface area contributed by atoms with Crippen LogP contribution in [0.2, 0.25) is 0 Å². The number of aryl methyl sites for hydroxylation is 1. The molecule has 1 aromatic carbocycles. The molecule has 0 spiro atoms. The third-order valence-corrected chi connectivity index (χ3v) is 10.7. The first-order valence-corrected chi connectivity index (χ1v) is 15.3. The fourth-order valence-corrected chi connectivity index (χ4v) is 7.99. The van der Waals surface area contributed by atoms with Gasteiger partial charge in [-0.2, -0.15) is 5.10 Å². The zero-order valence-electron chi connectivity index (χ0n) is 22.2. The maximum Gasteiger partial charge on any atom is 0.328 e. The van der Waals surface area contributed by atoms with E-state index in [9.17, 15) is 22.4 Å². The minimum atomic E-state index is -3.86. The number of urea groups is 1. The second-order valence-corrected chi connectivity index (χ2v) is 13.7. The molecule has 0 bridgehead atoms. The minimum Gasteiger partial charge on any atom is -0.439 e. The number of amides is 3. The molecule has 1 saturated carbocycles. The average molecular weight is 599 g/mol. The zero-order valence-corrected chi connectivity index (χ0v) is 23.9. The van der Waals surface area contributed by atoms with E-state index in [1.165, 1.54) is 35.2 Å². The van der Waals surface area contributed by atoms with Crippen LogP contribution in [0.25, 0.3) is 0 Å². The first kappa shape index (κ1) is 27.4. The quantitative estimate of drug-likeness (QED) is 0.395. The van der Waals surface area contributed by atoms with Crippen molar-refractivity contribution in [2.24, 2.45) is 13.0 Å². The van der Waals surface area contributed by atoms with Gasteiger partial charge in [0, 0.05) is 36.6 Å². The second kappa shape index (κ2) is 10.3. The Labute approximate surface area is 240 Å². The monoisotopic (exact) mass is 598 g/mol. The fraction of sp³-hybridized carbons (Fsp3) is 0.333. The second-order valence-electron chi connectivity index (χ2n) is 10.6. The normalized spacial score (nSPS) is 21.6. The van der Waals surface area contributed by atoms with E-state index in [2.05, 4.69) is 14.8 Å². The van der Waals surface area contributed by atoms with Crippen molar-refractivity contribution in [1.82, 2.24) is 29.3 Å². The number of nitrogens with zero attached hydrogens (tertiary/aromatic N) is 5. The molecule has 4 heterocycles. The van der Waals surface area contributed by atoms with Crippen molar-refractivity contribution >= 4 is 33.7 Å². The molecule has 11 nitrogen and oxygen atoms in total. The topological polar surface area (TPSA) is 127 Å². The standard InChI is InChI=1S/C27H27FN6O5S2/c1-27(9-10-27)31-41(37,38)23-11-21-24(35)33(16-18-13-30-32(2)14-18)26(36)34(25(21)40-23)15-17-3-8-22(29-12-17)39-20-6-4-19(28)5-7-20/h3-8,11-14,21,25,31H,9-10,15-16H2,1-2H3. The molecule has 2 fully saturated rings. The number of hydrogen-bond donors (Lipinski definition) is 1. The van der Waals surface area contributed by atoms with Gasteiger partial charge in [0.25, 0.3) is 0 Å². The van der Waals surface area contributed by atoms with Gasteiger partial charge < -0.3 is 9.64 Å². The van der Waals surface area contributed by atoms with Gasteiger partial charge in [0.2, 0.25) is 21.8 Å². The number of pyridine rings is 1. The largest absolute Gasteiger partial charge is 0.439 e. The van der Waals surface area contributed by atoms with Gasteiger partial charge >= 0.3 is 6.03 Å². The van der Waals surface area contributed by atoms with Crippen LogP contribution < -0.4 is 9.46 Å². The zero-order chi connectivity index (χ0) is 28.9. The van der Waals surface area contributed by atoms with Crippen LogP contribution in [0.4, 0.5) is 9.18 Å². The highest BCUT2D eigenvalue weighted by atomic mass is 32.3. The summed E-state index contributed by atoms with van der Waals surface area (Å²) >= 11 is 0.999. The molecule has 3 amide bonds. The molecule has 1 saturated heterocycles. The Morgan fingerprint density at radius 2 is 1.85 bits per heavy atom. The van der Waals surface area contributed by atoms with E-state index in [4.69, 9.17) is 4.74 Å². The number of halogens is 1. The van der Waals surface area contributed by atoms with Crippen LogP contribution in [-0.4, -0.2) is 55.8 Å². The van der Waals surface area contributed by atoms with Crippen LogP contribution in [0.5, 0.6) is 11.6 Å². The van der Waals surface area contributed by atoms with Crippen molar-refractivity contribution < 1.29 is 27.1 Å². The fourth-order valence-electron chi connectivity index (χ4n) is 4.69. The summed E-state index contributed by atoms with van der Waals surface area (Å²) in [5.41, 5.74) is 0.839. The van der Waals surface area contributed by atoms with Gasteiger partial charge in [0.15, 0.2) is 0 Å². The van der Waals surface area contributed by atoms with Gasteiger partial charge in [-0.15, -0.1) is 0 Å². The Morgan fingerprint density at radius 3 is 2.49 bits per heavy atom. The van der Waals surface area contributed by atoms with E-state index in [-0.39, 0.29) is 29.0 Å². The summed E-state index contributed by atoms with van der Waals surface area (Å²) in [4.78, 5) is 34.3. The maximum atomic E-state index is 13.8. The number of carbonyl (C=O) groups excluding carboxylic acids is 2. The maximum absolute atomic E-state index is 13.8. The molecule has 14 heteroatoms. The summed E-state index contributed by atoms with van der Waals surface area (Å²) in [7, 11) is -2.12.